The van der Waals surface area contributed by atoms with E-state index in [-0.39, 0.29) is 12.0 Å². The van der Waals surface area contributed by atoms with Gasteiger partial charge in [-0.2, -0.15) is 5.10 Å². The maximum atomic E-state index is 12.6. The summed E-state index contributed by atoms with van der Waals surface area (Å²) >= 11 is 6.00. The minimum absolute atomic E-state index is 0.0486. The van der Waals surface area contributed by atoms with Gasteiger partial charge in [-0.1, -0.05) is 23.7 Å². The molecule has 1 aromatic heterocycles. The van der Waals surface area contributed by atoms with Gasteiger partial charge in [0.25, 0.3) is 5.91 Å². The molecule has 1 aromatic carbocycles. The van der Waals surface area contributed by atoms with Crippen LogP contribution in [0.3, 0.4) is 0 Å². The average molecular weight is 349 g/mol. The monoisotopic (exact) mass is 348 g/mol. The molecule has 1 fully saturated rings. The number of H-pyrrole nitrogens is 1. The number of aliphatic hydroxyl groups is 1. The summed E-state index contributed by atoms with van der Waals surface area (Å²) < 4.78 is 0. The molecule has 2 aromatic rings. The number of β-amino-alcohol motifs (C(OH)–C–C–N with tert-alkyl or cyclic N) is 1. The Hall–Kier alpha value is -1.89. The topological polar surface area (TPSA) is 72.5 Å². The minimum Gasteiger partial charge on any atom is -0.392 e. The molecule has 6 nitrogen and oxygen atoms in total. The van der Waals surface area contributed by atoms with Gasteiger partial charge in [0, 0.05) is 43.3 Å². The van der Waals surface area contributed by atoms with Gasteiger partial charge in [-0.3, -0.25) is 14.8 Å². The second kappa shape index (κ2) is 7.34. The highest BCUT2D eigenvalue weighted by molar-refractivity contribution is 6.30. The fourth-order valence-corrected chi connectivity index (χ4v) is 3.09. The Balaban J connectivity index is 1.64. The maximum absolute atomic E-state index is 12.6. The van der Waals surface area contributed by atoms with Crippen LogP contribution in [-0.2, 0) is 0 Å². The first-order chi connectivity index (χ1) is 11.5. The fourth-order valence-electron chi connectivity index (χ4n) is 2.90. The summed E-state index contributed by atoms with van der Waals surface area (Å²) in [5, 5.41) is 17.1. The van der Waals surface area contributed by atoms with Crippen molar-refractivity contribution in [3.8, 4) is 11.3 Å². The van der Waals surface area contributed by atoms with Crippen LogP contribution in [0.4, 0.5) is 0 Å². The van der Waals surface area contributed by atoms with E-state index in [1.54, 1.807) is 19.1 Å². The molecule has 7 heteroatoms. The number of carbonyl (C=O) groups is 1. The molecule has 2 heterocycles. The van der Waals surface area contributed by atoms with E-state index < -0.39 is 0 Å². The van der Waals surface area contributed by atoms with Crippen LogP contribution in [0.5, 0.6) is 0 Å². The SMILES string of the molecule is C[C@H](O)CN1CCN(C(=O)c2cc(-c3cccc(Cl)c3)n[nH]2)CC1. The van der Waals surface area contributed by atoms with Crippen LogP contribution in [0.2, 0.25) is 5.02 Å². The van der Waals surface area contributed by atoms with Crippen LogP contribution < -0.4 is 0 Å². The van der Waals surface area contributed by atoms with E-state index >= 15 is 0 Å². The molecule has 128 valence electrons. The fraction of sp³-hybridized carbons (Fsp3) is 0.412. The molecule has 0 bridgehead atoms. The number of halogens is 1. The quantitative estimate of drug-likeness (QED) is 0.884. The van der Waals surface area contributed by atoms with Crippen LogP contribution in [0.15, 0.2) is 30.3 Å². The number of nitrogens with zero attached hydrogens (tertiary/aromatic N) is 3. The molecule has 1 saturated heterocycles. The molecule has 24 heavy (non-hydrogen) atoms. The van der Waals surface area contributed by atoms with Crippen molar-refractivity contribution in [1.29, 1.82) is 0 Å². The van der Waals surface area contributed by atoms with Crippen molar-refractivity contribution in [2.75, 3.05) is 32.7 Å². The van der Waals surface area contributed by atoms with Crippen LogP contribution >= 0.6 is 11.6 Å². The van der Waals surface area contributed by atoms with Gasteiger partial charge in [0.2, 0.25) is 0 Å². The van der Waals surface area contributed by atoms with Crippen molar-refractivity contribution in [2.45, 2.75) is 13.0 Å². The van der Waals surface area contributed by atoms with Crippen LogP contribution in [0.25, 0.3) is 11.3 Å². The number of carbonyl (C=O) groups excluding carboxylic acids is 1. The first-order valence-electron chi connectivity index (χ1n) is 8.04. The lowest BCUT2D eigenvalue weighted by Gasteiger charge is -2.34. The predicted octanol–water partition coefficient (Wildman–Crippen LogP) is 1.87. The van der Waals surface area contributed by atoms with Crippen molar-refractivity contribution < 1.29 is 9.90 Å². The number of aromatic amines is 1. The minimum atomic E-state index is -0.347. The molecule has 1 amide bonds. The molecule has 0 radical (unpaired) electrons. The highest BCUT2D eigenvalue weighted by Crippen LogP contribution is 2.22. The Morgan fingerprint density at radius 1 is 1.33 bits per heavy atom. The first kappa shape index (κ1) is 17.0. The molecule has 0 saturated carbocycles. The molecule has 0 unspecified atom stereocenters. The molecule has 2 N–H and O–H groups in total. The Morgan fingerprint density at radius 2 is 2.08 bits per heavy atom. The second-order valence-electron chi connectivity index (χ2n) is 6.12. The number of nitrogens with one attached hydrogen (secondary N) is 1. The Morgan fingerprint density at radius 3 is 2.75 bits per heavy atom. The zero-order valence-corrected chi connectivity index (χ0v) is 14.3. The Labute approximate surface area is 146 Å². The molecule has 3 rings (SSSR count). The summed E-state index contributed by atoms with van der Waals surface area (Å²) in [6.45, 7) is 5.26. The highest BCUT2D eigenvalue weighted by atomic mass is 35.5. The van der Waals surface area contributed by atoms with E-state index in [2.05, 4.69) is 15.1 Å². The summed E-state index contributed by atoms with van der Waals surface area (Å²) in [5.74, 6) is -0.0486. The van der Waals surface area contributed by atoms with Crippen molar-refractivity contribution in [3.05, 3.63) is 41.0 Å². The van der Waals surface area contributed by atoms with Crippen molar-refractivity contribution in [3.63, 3.8) is 0 Å². The van der Waals surface area contributed by atoms with Gasteiger partial charge < -0.3 is 10.0 Å². The second-order valence-corrected chi connectivity index (χ2v) is 6.56. The van der Waals surface area contributed by atoms with E-state index in [9.17, 15) is 9.90 Å². The number of aliphatic hydroxyl groups excluding tert-OH is 1. The van der Waals surface area contributed by atoms with Gasteiger partial charge >= 0.3 is 0 Å². The van der Waals surface area contributed by atoms with Crippen molar-refractivity contribution in [2.24, 2.45) is 0 Å². The summed E-state index contributed by atoms with van der Waals surface area (Å²) in [6.07, 6.45) is -0.347. The number of benzene rings is 1. The van der Waals surface area contributed by atoms with Gasteiger partial charge in [0.15, 0.2) is 0 Å². The number of hydrogen-bond acceptors (Lipinski definition) is 4. The third-order valence-electron chi connectivity index (χ3n) is 4.11. The zero-order valence-electron chi connectivity index (χ0n) is 13.6. The number of aromatic nitrogens is 2. The summed E-state index contributed by atoms with van der Waals surface area (Å²) in [7, 11) is 0. The third kappa shape index (κ3) is 3.95. The number of rotatable bonds is 4. The summed E-state index contributed by atoms with van der Waals surface area (Å²) in [5.41, 5.74) is 2.06. The largest absolute Gasteiger partial charge is 0.392 e. The molecular formula is C17H21ClN4O2. The normalized spacial score (nSPS) is 17.0. The zero-order chi connectivity index (χ0) is 17.1. The van der Waals surface area contributed by atoms with E-state index in [1.165, 1.54) is 0 Å². The molecule has 0 aliphatic carbocycles. The summed E-state index contributed by atoms with van der Waals surface area (Å²) in [6, 6.07) is 9.15. The first-order valence-corrected chi connectivity index (χ1v) is 8.42. The molecule has 0 spiro atoms. The molecular weight excluding hydrogens is 328 g/mol. The van der Waals surface area contributed by atoms with Crippen molar-refractivity contribution in [1.82, 2.24) is 20.0 Å². The number of piperazine rings is 1. The Kier molecular flexibility index (Phi) is 5.18. The van der Waals surface area contributed by atoms with Gasteiger partial charge in [0.05, 0.1) is 11.8 Å². The number of hydrogen-bond donors (Lipinski definition) is 2. The lowest BCUT2D eigenvalue weighted by atomic mass is 10.1. The number of amides is 1. The molecule has 1 atom stereocenters. The lowest BCUT2D eigenvalue weighted by molar-refractivity contribution is 0.0549. The van der Waals surface area contributed by atoms with Gasteiger partial charge in [-0.05, 0) is 25.1 Å². The van der Waals surface area contributed by atoms with E-state index in [1.807, 2.05) is 23.1 Å². The Bertz CT molecular complexity index is 708. The van der Waals surface area contributed by atoms with Crippen molar-refractivity contribution >= 4 is 17.5 Å². The predicted molar refractivity (Wildman–Crippen MR) is 93.1 cm³/mol. The average Bonchev–Trinajstić information content (AvgIpc) is 3.04. The smallest absolute Gasteiger partial charge is 0.271 e. The van der Waals surface area contributed by atoms with E-state index in [0.717, 1.165) is 18.7 Å². The van der Waals surface area contributed by atoms with Gasteiger partial charge in [-0.15, -0.1) is 0 Å². The standard InChI is InChI=1S/C17H21ClN4O2/c1-12(23)11-21-5-7-22(8-6-21)17(24)16-10-15(19-20-16)13-3-2-4-14(18)9-13/h2-4,9-10,12,23H,5-8,11H2,1H3,(H,19,20)/t12-/m0/s1. The van der Waals surface area contributed by atoms with Gasteiger partial charge in [0.1, 0.15) is 5.69 Å². The molecule has 1 aliphatic heterocycles. The van der Waals surface area contributed by atoms with E-state index in [0.29, 0.717) is 36.0 Å². The van der Waals surface area contributed by atoms with Gasteiger partial charge in [-0.25, -0.2) is 0 Å². The molecule has 1 aliphatic rings. The van der Waals surface area contributed by atoms with E-state index in [4.69, 9.17) is 11.6 Å². The van der Waals surface area contributed by atoms with Crippen LogP contribution in [0.1, 0.15) is 17.4 Å². The maximum Gasteiger partial charge on any atom is 0.271 e. The van der Waals surface area contributed by atoms with Crippen LogP contribution in [0, 0.1) is 0 Å². The third-order valence-corrected chi connectivity index (χ3v) is 4.35. The summed E-state index contributed by atoms with van der Waals surface area (Å²) in [4.78, 5) is 16.6. The lowest BCUT2D eigenvalue weighted by Crippen LogP contribution is -2.50. The highest BCUT2D eigenvalue weighted by Gasteiger charge is 2.24. The van der Waals surface area contributed by atoms with Crippen LogP contribution in [-0.4, -0.2) is 69.8 Å².